The quantitative estimate of drug-likeness (QED) is 0.444. The number of amides is 1. The first-order valence-corrected chi connectivity index (χ1v) is 10.8. The molecular formula is C26H25FN2O6. The number of carbonyl (C=O) groups excluding carboxylic acids is 3. The topological polar surface area (TPSA) is 104 Å². The molecule has 9 heteroatoms. The zero-order valence-electron chi connectivity index (χ0n) is 19.3. The van der Waals surface area contributed by atoms with Crippen molar-refractivity contribution in [3.63, 3.8) is 0 Å². The minimum absolute atomic E-state index is 0.144. The number of rotatable bonds is 10. The lowest BCUT2D eigenvalue weighted by molar-refractivity contribution is -0.147. The van der Waals surface area contributed by atoms with Gasteiger partial charge in [-0.1, -0.05) is 42.5 Å². The molecule has 8 nitrogen and oxygen atoms in total. The van der Waals surface area contributed by atoms with E-state index in [9.17, 15) is 18.8 Å². The lowest BCUT2D eigenvalue weighted by Gasteiger charge is -2.19. The Kier molecular flexibility index (Phi) is 8.89. The predicted octanol–water partition coefficient (Wildman–Crippen LogP) is 3.28. The second-order valence-electron chi connectivity index (χ2n) is 7.60. The van der Waals surface area contributed by atoms with Crippen molar-refractivity contribution in [2.75, 3.05) is 13.7 Å². The van der Waals surface area contributed by atoms with Crippen LogP contribution >= 0.6 is 0 Å². The second kappa shape index (κ2) is 12.3. The van der Waals surface area contributed by atoms with E-state index in [2.05, 4.69) is 10.3 Å². The fourth-order valence-corrected chi connectivity index (χ4v) is 3.37. The predicted molar refractivity (Wildman–Crippen MR) is 125 cm³/mol. The third-order valence-corrected chi connectivity index (χ3v) is 4.92. The molecule has 0 spiro atoms. The Hall–Kier alpha value is -4.27. The number of carbonyl (C=O) groups is 3. The van der Waals surface area contributed by atoms with Gasteiger partial charge in [-0.2, -0.15) is 0 Å². The first kappa shape index (κ1) is 25.4. The van der Waals surface area contributed by atoms with E-state index in [0.29, 0.717) is 12.8 Å². The number of pyridine rings is 1. The maximum Gasteiger partial charge on any atom is 0.325 e. The molecule has 2 aromatic carbocycles. The van der Waals surface area contributed by atoms with Gasteiger partial charge in [-0.25, -0.2) is 9.37 Å². The summed E-state index contributed by atoms with van der Waals surface area (Å²) in [4.78, 5) is 40.6. The molecule has 1 unspecified atom stereocenters. The van der Waals surface area contributed by atoms with Crippen molar-refractivity contribution >= 4 is 17.8 Å². The Balaban J connectivity index is 1.67. The van der Waals surface area contributed by atoms with Crippen LogP contribution in [-0.2, 0) is 27.2 Å². The number of ether oxygens (including phenoxy) is 3. The molecular weight excluding hydrogens is 455 g/mol. The van der Waals surface area contributed by atoms with Crippen molar-refractivity contribution in [1.29, 1.82) is 0 Å². The molecule has 0 bridgehead atoms. The maximum atomic E-state index is 13.3. The molecule has 35 heavy (non-hydrogen) atoms. The summed E-state index contributed by atoms with van der Waals surface area (Å²) in [6, 6.07) is 16.9. The minimum Gasteiger partial charge on any atom is -0.493 e. The third-order valence-electron chi connectivity index (χ3n) is 4.92. The van der Waals surface area contributed by atoms with Crippen LogP contribution in [0.25, 0.3) is 0 Å². The SMILES string of the molecule is COc1ccnc(C(=O)NCC(=O)OC(Cc2ccccc2)Cc2ccc(F)cc2)c1OC(C)=O. The average molecular weight is 480 g/mol. The minimum atomic E-state index is -0.741. The molecule has 1 aromatic heterocycles. The van der Waals surface area contributed by atoms with Crippen LogP contribution in [0.4, 0.5) is 4.39 Å². The van der Waals surface area contributed by atoms with Gasteiger partial charge in [-0.15, -0.1) is 0 Å². The Morgan fingerprint density at radius 1 is 0.971 bits per heavy atom. The number of methoxy groups -OCH3 is 1. The van der Waals surface area contributed by atoms with Gasteiger partial charge in [0.15, 0.2) is 11.4 Å². The van der Waals surface area contributed by atoms with Crippen LogP contribution < -0.4 is 14.8 Å². The fraction of sp³-hybridized carbons (Fsp3) is 0.231. The molecule has 182 valence electrons. The molecule has 1 heterocycles. The Morgan fingerprint density at radius 3 is 2.26 bits per heavy atom. The van der Waals surface area contributed by atoms with Crippen molar-refractivity contribution in [3.8, 4) is 11.5 Å². The Labute approximate surface area is 202 Å². The van der Waals surface area contributed by atoms with E-state index < -0.39 is 30.5 Å². The van der Waals surface area contributed by atoms with Gasteiger partial charge in [0.1, 0.15) is 18.5 Å². The summed E-state index contributed by atoms with van der Waals surface area (Å²) in [7, 11) is 1.36. The molecule has 0 aliphatic carbocycles. The molecule has 1 amide bonds. The Bertz CT molecular complexity index is 1170. The molecule has 0 saturated heterocycles. The highest BCUT2D eigenvalue weighted by Gasteiger charge is 2.22. The zero-order valence-corrected chi connectivity index (χ0v) is 19.3. The van der Waals surface area contributed by atoms with Crippen molar-refractivity contribution in [1.82, 2.24) is 10.3 Å². The fourth-order valence-electron chi connectivity index (χ4n) is 3.37. The lowest BCUT2D eigenvalue weighted by Crippen LogP contribution is -2.34. The van der Waals surface area contributed by atoms with Crippen LogP contribution in [-0.4, -0.2) is 42.6 Å². The van der Waals surface area contributed by atoms with Crippen LogP contribution in [0, 0.1) is 5.82 Å². The van der Waals surface area contributed by atoms with E-state index in [1.165, 1.54) is 38.4 Å². The number of hydrogen-bond donors (Lipinski definition) is 1. The van der Waals surface area contributed by atoms with E-state index >= 15 is 0 Å². The summed E-state index contributed by atoms with van der Waals surface area (Å²) in [6.07, 6.45) is 1.57. The maximum absolute atomic E-state index is 13.3. The largest absolute Gasteiger partial charge is 0.493 e. The summed E-state index contributed by atoms with van der Waals surface area (Å²) < 4.78 is 29.1. The lowest BCUT2D eigenvalue weighted by atomic mass is 10.0. The smallest absolute Gasteiger partial charge is 0.325 e. The molecule has 3 rings (SSSR count). The second-order valence-corrected chi connectivity index (χ2v) is 7.60. The van der Waals surface area contributed by atoms with E-state index in [1.54, 1.807) is 12.1 Å². The van der Waals surface area contributed by atoms with Crippen LogP contribution in [0.5, 0.6) is 11.5 Å². The van der Waals surface area contributed by atoms with Crippen molar-refractivity contribution in [3.05, 3.63) is 89.5 Å². The molecule has 0 aliphatic heterocycles. The zero-order chi connectivity index (χ0) is 25.2. The first-order chi connectivity index (χ1) is 16.9. The molecule has 0 aliphatic rings. The van der Waals surface area contributed by atoms with E-state index in [0.717, 1.165) is 11.1 Å². The summed E-state index contributed by atoms with van der Waals surface area (Å²) in [6.45, 7) is 0.741. The first-order valence-electron chi connectivity index (χ1n) is 10.8. The third kappa shape index (κ3) is 7.63. The number of benzene rings is 2. The van der Waals surface area contributed by atoms with Crippen molar-refractivity contribution in [2.24, 2.45) is 0 Å². The highest BCUT2D eigenvalue weighted by atomic mass is 19.1. The summed E-state index contributed by atoms with van der Waals surface area (Å²) in [5, 5.41) is 2.43. The molecule has 0 saturated carbocycles. The van der Waals surface area contributed by atoms with Gasteiger partial charge in [0.25, 0.3) is 5.91 Å². The number of nitrogens with one attached hydrogen (secondary N) is 1. The molecule has 3 aromatic rings. The molecule has 0 fully saturated rings. The van der Waals surface area contributed by atoms with E-state index in [-0.39, 0.29) is 23.0 Å². The molecule has 0 radical (unpaired) electrons. The number of esters is 2. The number of hydrogen-bond acceptors (Lipinski definition) is 7. The summed E-state index contributed by atoms with van der Waals surface area (Å²) in [5.74, 6) is -2.42. The molecule has 1 N–H and O–H groups in total. The average Bonchev–Trinajstić information content (AvgIpc) is 2.84. The van der Waals surface area contributed by atoms with Crippen LogP contribution in [0.2, 0.25) is 0 Å². The number of aromatic nitrogens is 1. The van der Waals surface area contributed by atoms with Gasteiger partial charge < -0.3 is 19.5 Å². The van der Waals surface area contributed by atoms with Crippen LogP contribution in [0.1, 0.15) is 28.5 Å². The van der Waals surface area contributed by atoms with Crippen molar-refractivity contribution < 1.29 is 33.0 Å². The highest BCUT2D eigenvalue weighted by molar-refractivity contribution is 5.98. The van der Waals surface area contributed by atoms with Crippen LogP contribution in [0.15, 0.2) is 66.9 Å². The summed E-state index contributed by atoms with van der Waals surface area (Å²) >= 11 is 0. The van der Waals surface area contributed by atoms with Gasteiger partial charge >= 0.3 is 11.9 Å². The highest BCUT2D eigenvalue weighted by Crippen LogP contribution is 2.29. The molecule has 1 atom stereocenters. The monoisotopic (exact) mass is 480 g/mol. The Morgan fingerprint density at radius 2 is 1.63 bits per heavy atom. The van der Waals surface area contributed by atoms with Gasteiger partial charge in [0, 0.05) is 32.0 Å². The summed E-state index contributed by atoms with van der Waals surface area (Å²) in [5.41, 5.74) is 1.55. The van der Waals surface area contributed by atoms with Gasteiger partial charge in [-0.05, 0) is 23.3 Å². The normalized spacial score (nSPS) is 11.3. The van der Waals surface area contributed by atoms with Gasteiger partial charge in [-0.3, -0.25) is 14.4 Å². The number of halogens is 1. The van der Waals surface area contributed by atoms with E-state index in [4.69, 9.17) is 14.2 Å². The van der Waals surface area contributed by atoms with Crippen molar-refractivity contribution in [2.45, 2.75) is 25.9 Å². The van der Waals surface area contributed by atoms with Crippen LogP contribution in [0.3, 0.4) is 0 Å². The number of nitrogens with zero attached hydrogens (tertiary/aromatic N) is 1. The van der Waals surface area contributed by atoms with Gasteiger partial charge in [0.05, 0.1) is 7.11 Å². The standard InChI is InChI=1S/C26H25FN2O6/c1-17(30)34-25-22(33-2)12-13-28-24(25)26(32)29-16-23(31)35-21(14-18-6-4-3-5-7-18)15-19-8-10-20(27)11-9-19/h3-13,21H,14-16H2,1-2H3,(H,29,32). The van der Waals surface area contributed by atoms with Gasteiger partial charge in [0.2, 0.25) is 5.75 Å². The van der Waals surface area contributed by atoms with E-state index in [1.807, 2.05) is 30.3 Å².